The SMILES string of the molecule is CCCC1CN(c2ccccc2OCC)C(C(C)C)CN1. The van der Waals surface area contributed by atoms with Crippen LogP contribution < -0.4 is 15.0 Å². The summed E-state index contributed by atoms with van der Waals surface area (Å²) in [6.45, 7) is 11.8. The Bertz CT molecular complexity index is 433. The van der Waals surface area contributed by atoms with E-state index in [1.54, 1.807) is 0 Å². The standard InChI is InChI=1S/C18H30N2O/c1-5-9-15-13-20(17(12-19-15)14(3)4)16-10-7-8-11-18(16)21-6-2/h7-8,10-11,14-15,17,19H,5-6,9,12-13H2,1-4H3. The Morgan fingerprint density at radius 2 is 2.05 bits per heavy atom. The van der Waals surface area contributed by atoms with E-state index >= 15 is 0 Å². The van der Waals surface area contributed by atoms with Gasteiger partial charge in [0.1, 0.15) is 5.75 Å². The van der Waals surface area contributed by atoms with Crippen molar-refractivity contribution in [2.24, 2.45) is 5.92 Å². The predicted molar refractivity (Wildman–Crippen MR) is 90.3 cm³/mol. The third-order valence-electron chi connectivity index (χ3n) is 4.31. The predicted octanol–water partition coefficient (Wildman–Crippen LogP) is 3.69. The molecule has 1 saturated heterocycles. The Hall–Kier alpha value is -1.22. The fourth-order valence-electron chi connectivity index (χ4n) is 3.22. The third-order valence-corrected chi connectivity index (χ3v) is 4.31. The van der Waals surface area contributed by atoms with E-state index in [0.717, 1.165) is 18.8 Å². The molecule has 0 saturated carbocycles. The Morgan fingerprint density at radius 1 is 1.29 bits per heavy atom. The first-order valence-corrected chi connectivity index (χ1v) is 8.39. The van der Waals surface area contributed by atoms with Crippen molar-refractivity contribution in [3.8, 4) is 5.75 Å². The van der Waals surface area contributed by atoms with Crippen molar-refractivity contribution >= 4 is 5.69 Å². The molecule has 2 atom stereocenters. The molecule has 1 aromatic carbocycles. The van der Waals surface area contributed by atoms with Gasteiger partial charge in [-0.25, -0.2) is 0 Å². The fraction of sp³-hybridized carbons (Fsp3) is 0.667. The lowest BCUT2D eigenvalue weighted by Crippen LogP contribution is -2.58. The van der Waals surface area contributed by atoms with Crippen molar-refractivity contribution in [3.05, 3.63) is 24.3 Å². The minimum Gasteiger partial charge on any atom is -0.492 e. The van der Waals surface area contributed by atoms with Crippen LogP contribution in [0.4, 0.5) is 5.69 Å². The first-order chi connectivity index (χ1) is 10.2. The number of para-hydroxylation sites is 2. The van der Waals surface area contributed by atoms with Crippen molar-refractivity contribution in [3.63, 3.8) is 0 Å². The molecule has 0 aliphatic carbocycles. The normalized spacial score (nSPS) is 22.6. The van der Waals surface area contributed by atoms with Gasteiger partial charge in [-0.2, -0.15) is 0 Å². The van der Waals surface area contributed by atoms with Gasteiger partial charge in [-0.3, -0.25) is 0 Å². The summed E-state index contributed by atoms with van der Waals surface area (Å²) in [6, 6.07) is 9.58. The minimum atomic E-state index is 0.528. The number of rotatable bonds is 6. The van der Waals surface area contributed by atoms with Crippen LogP contribution in [0.2, 0.25) is 0 Å². The van der Waals surface area contributed by atoms with E-state index in [2.05, 4.69) is 55.3 Å². The van der Waals surface area contributed by atoms with Crippen LogP contribution in [0.15, 0.2) is 24.3 Å². The van der Waals surface area contributed by atoms with Crippen LogP contribution in [0.25, 0.3) is 0 Å². The molecule has 1 aromatic rings. The van der Waals surface area contributed by atoms with Crippen molar-refractivity contribution in [2.75, 3.05) is 24.6 Å². The number of nitrogens with one attached hydrogen (secondary N) is 1. The summed E-state index contributed by atoms with van der Waals surface area (Å²) in [5.74, 6) is 1.64. The molecular weight excluding hydrogens is 260 g/mol. The molecule has 3 nitrogen and oxygen atoms in total. The van der Waals surface area contributed by atoms with Gasteiger partial charge in [0.2, 0.25) is 0 Å². The summed E-state index contributed by atoms with van der Waals surface area (Å²) in [7, 11) is 0. The van der Waals surface area contributed by atoms with E-state index in [-0.39, 0.29) is 0 Å². The van der Waals surface area contributed by atoms with Crippen molar-refractivity contribution in [1.29, 1.82) is 0 Å². The van der Waals surface area contributed by atoms with Gasteiger partial charge < -0.3 is 15.0 Å². The van der Waals surface area contributed by atoms with Crippen LogP contribution in [0.5, 0.6) is 5.75 Å². The molecule has 1 heterocycles. The monoisotopic (exact) mass is 290 g/mol. The van der Waals surface area contributed by atoms with Gasteiger partial charge in [-0.05, 0) is 31.4 Å². The van der Waals surface area contributed by atoms with Crippen LogP contribution in [0.1, 0.15) is 40.5 Å². The number of hydrogen-bond acceptors (Lipinski definition) is 3. The maximum absolute atomic E-state index is 5.85. The van der Waals surface area contributed by atoms with Crippen LogP contribution in [0, 0.1) is 5.92 Å². The van der Waals surface area contributed by atoms with E-state index in [1.807, 2.05) is 6.92 Å². The molecule has 0 bridgehead atoms. The lowest BCUT2D eigenvalue weighted by molar-refractivity contribution is 0.314. The van der Waals surface area contributed by atoms with E-state index in [0.29, 0.717) is 24.6 Å². The first kappa shape index (κ1) is 16.2. The average Bonchev–Trinajstić information content (AvgIpc) is 2.48. The smallest absolute Gasteiger partial charge is 0.142 e. The Balaban J connectivity index is 2.26. The van der Waals surface area contributed by atoms with Crippen molar-refractivity contribution in [1.82, 2.24) is 5.32 Å². The first-order valence-electron chi connectivity index (χ1n) is 8.39. The molecule has 0 aromatic heterocycles. The van der Waals surface area contributed by atoms with Gasteiger partial charge in [-0.15, -0.1) is 0 Å². The number of ether oxygens (including phenoxy) is 1. The highest BCUT2D eigenvalue weighted by Gasteiger charge is 2.30. The highest BCUT2D eigenvalue weighted by Crippen LogP contribution is 2.32. The summed E-state index contributed by atoms with van der Waals surface area (Å²) in [5.41, 5.74) is 1.25. The fourth-order valence-corrected chi connectivity index (χ4v) is 3.22. The number of benzene rings is 1. The van der Waals surface area contributed by atoms with Gasteiger partial charge in [0.25, 0.3) is 0 Å². The van der Waals surface area contributed by atoms with E-state index in [1.165, 1.54) is 18.5 Å². The zero-order chi connectivity index (χ0) is 15.2. The summed E-state index contributed by atoms with van der Waals surface area (Å²) in [5, 5.41) is 3.72. The minimum absolute atomic E-state index is 0.528. The van der Waals surface area contributed by atoms with Gasteiger partial charge in [0.15, 0.2) is 0 Å². The van der Waals surface area contributed by atoms with Crippen LogP contribution in [-0.2, 0) is 0 Å². The molecule has 2 unspecified atom stereocenters. The number of piperazine rings is 1. The molecule has 118 valence electrons. The molecule has 0 spiro atoms. The third kappa shape index (κ3) is 3.91. The van der Waals surface area contributed by atoms with Crippen molar-refractivity contribution < 1.29 is 4.74 Å². The molecule has 21 heavy (non-hydrogen) atoms. The highest BCUT2D eigenvalue weighted by molar-refractivity contribution is 5.59. The average molecular weight is 290 g/mol. The topological polar surface area (TPSA) is 24.5 Å². The quantitative estimate of drug-likeness (QED) is 0.865. The number of nitrogens with zero attached hydrogens (tertiary/aromatic N) is 1. The summed E-state index contributed by atoms with van der Waals surface area (Å²) >= 11 is 0. The van der Waals surface area contributed by atoms with Gasteiger partial charge in [0, 0.05) is 25.2 Å². The Labute approximate surface area is 129 Å². The second-order valence-corrected chi connectivity index (χ2v) is 6.26. The molecule has 1 aliphatic rings. The van der Waals surface area contributed by atoms with Gasteiger partial charge >= 0.3 is 0 Å². The Morgan fingerprint density at radius 3 is 2.71 bits per heavy atom. The van der Waals surface area contributed by atoms with E-state index in [9.17, 15) is 0 Å². The molecule has 0 radical (unpaired) electrons. The van der Waals surface area contributed by atoms with Crippen LogP contribution in [-0.4, -0.2) is 31.8 Å². The van der Waals surface area contributed by atoms with E-state index < -0.39 is 0 Å². The Kier molecular flexibility index (Phi) is 5.92. The summed E-state index contributed by atoms with van der Waals surface area (Å²) < 4.78 is 5.85. The lowest BCUT2D eigenvalue weighted by Gasteiger charge is -2.44. The van der Waals surface area contributed by atoms with Gasteiger partial charge in [0.05, 0.1) is 12.3 Å². The molecule has 1 N–H and O–H groups in total. The highest BCUT2D eigenvalue weighted by atomic mass is 16.5. The molecular formula is C18H30N2O. The second-order valence-electron chi connectivity index (χ2n) is 6.26. The summed E-state index contributed by atoms with van der Waals surface area (Å²) in [4.78, 5) is 2.56. The second kappa shape index (κ2) is 7.69. The van der Waals surface area contributed by atoms with Gasteiger partial charge in [-0.1, -0.05) is 39.3 Å². The van der Waals surface area contributed by atoms with E-state index in [4.69, 9.17) is 4.74 Å². The van der Waals surface area contributed by atoms with Crippen LogP contribution >= 0.6 is 0 Å². The maximum Gasteiger partial charge on any atom is 0.142 e. The molecule has 1 fully saturated rings. The maximum atomic E-state index is 5.85. The zero-order valence-corrected chi connectivity index (χ0v) is 13.9. The molecule has 0 amide bonds. The number of hydrogen-bond donors (Lipinski definition) is 1. The largest absolute Gasteiger partial charge is 0.492 e. The van der Waals surface area contributed by atoms with Crippen molar-refractivity contribution in [2.45, 2.75) is 52.6 Å². The molecule has 1 aliphatic heterocycles. The molecule has 3 heteroatoms. The lowest BCUT2D eigenvalue weighted by atomic mass is 9.96. The number of anilines is 1. The zero-order valence-electron chi connectivity index (χ0n) is 13.9. The van der Waals surface area contributed by atoms with Crippen LogP contribution in [0.3, 0.4) is 0 Å². The molecule has 2 rings (SSSR count). The summed E-state index contributed by atoms with van der Waals surface area (Å²) in [6.07, 6.45) is 2.46.